The minimum absolute atomic E-state index is 0.867. The molecule has 0 radical (unpaired) electrons. The first-order valence-corrected chi connectivity index (χ1v) is 7.82. The second kappa shape index (κ2) is 5.02. The van der Waals surface area contributed by atoms with Gasteiger partial charge < -0.3 is 9.88 Å². The van der Waals surface area contributed by atoms with Crippen molar-refractivity contribution in [1.29, 1.82) is 0 Å². The molecule has 0 saturated carbocycles. The van der Waals surface area contributed by atoms with Gasteiger partial charge in [0.1, 0.15) is 5.82 Å². The van der Waals surface area contributed by atoms with Gasteiger partial charge in [-0.1, -0.05) is 0 Å². The van der Waals surface area contributed by atoms with Crippen LogP contribution in [0.15, 0.2) is 0 Å². The van der Waals surface area contributed by atoms with Crippen molar-refractivity contribution in [2.24, 2.45) is 13.0 Å². The van der Waals surface area contributed by atoms with Crippen molar-refractivity contribution < 1.29 is 0 Å². The molecule has 3 rings (SSSR count). The Morgan fingerprint density at radius 3 is 3.00 bits per heavy atom. The minimum Gasteiger partial charge on any atom is -0.335 e. The van der Waals surface area contributed by atoms with E-state index >= 15 is 0 Å². The first kappa shape index (κ1) is 11.6. The van der Waals surface area contributed by atoms with Crippen LogP contribution in [0.2, 0.25) is 0 Å². The normalized spacial score (nSPS) is 21.5. The summed E-state index contributed by atoms with van der Waals surface area (Å²) in [6.45, 7) is 2.07. The molecular formula is C13H21N3S. The van der Waals surface area contributed by atoms with Crippen molar-refractivity contribution in [1.82, 2.24) is 14.9 Å². The van der Waals surface area contributed by atoms with Crippen LogP contribution < -0.4 is 5.32 Å². The molecule has 17 heavy (non-hydrogen) atoms. The molecule has 2 aliphatic heterocycles. The van der Waals surface area contributed by atoms with Crippen LogP contribution in [0.4, 0.5) is 0 Å². The standard InChI is InChI=1S/C13H21N3S/c1-16-12-2-5-14-9-11(12)15-13(16)8-10-3-6-17-7-4-10/h10,14H,2-9H2,1H3. The molecule has 0 aromatic carbocycles. The highest BCUT2D eigenvalue weighted by Crippen LogP contribution is 2.26. The molecule has 1 saturated heterocycles. The van der Waals surface area contributed by atoms with Crippen LogP contribution in [0.1, 0.15) is 30.1 Å². The van der Waals surface area contributed by atoms with E-state index in [0.717, 1.165) is 25.4 Å². The maximum Gasteiger partial charge on any atom is 0.109 e. The predicted octanol–water partition coefficient (Wildman–Crippen LogP) is 1.75. The van der Waals surface area contributed by atoms with E-state index < -0.39 is 0 Å². The average molecular weight is 251 g/mol. The summed E-state index contributed by atoms with van der Waals surface area (Å²) in [5.41, 5.74) is 2.75. The third kappa shape index (κ3) is 2.38. The van der Waals surface area contributed by atoms with E-state index in [4.69, 9.17) is 4.98 Å². The summed E-state index contributed by atoms with van der Waals surface area (Å²) in [7, 11) is 2.20. The van der Waals surface area contributed by atoms with Crippen LogP contribution in [-0.4, -0.2) is 27.6 Å². The van der Waals surface area contributed by atoms with Gasteiger partial charge in [-0.2, -0.15) is 11.8 Å². The van der Waals surface area contributed by atoms with E-state index in [1.54, 1.807) is 0 Å². The Morgan fingerprint density at radius 2 is 2.24 bits per heavy atom. The van der Waals surface area contributed by atoms with Crippen molar-refractivity contribution in [2.45, 2.75) is 32.2 Å². The van der Waals surface area contributed by atoms with E-state index in [1.807, 2.05) is 0 Å². The summed E-state index contributed by atoms with van der Waals surface area (Å²) >= 11 is 2.10. The van der Waals surface area contributed by atoms with Crippen LogP contribution >= 0.6 is 11.8 Å². The SMILES string of the molecule is Cn1c(CC2CCSCC2)nc2c1CCNC2. The Kier molecular flexibility index (Phi) is 3.43. The fourth-order valence-electron chi connectivity index (χ4n) is 2.90. The zero-order valence-electron chi connectivity index (χ0n) is 10.5. The Bertz CT molecular complexity index is 394. The van der Waals surface area contributed by atoms with Crippen LogP contribution in [0.3, 0.4) is 0 Å². The van der Waals surface area contributed by atoms with Gasteiger partial charge in [0.05, 0.1) is 5.69 Å². The van der Waals surface area contributed by atoms with Gasteiger partial charge >= 0.3 is 0 Å². The molecule has 0 unspecified atom stereocenters. The Hall–Kier alpha value is -0.480. The summed E-state index contributed by atoms with van der Waals surface area (Å²) in [5.74, 6) is 4.87. The highest BCUT2D eigenvalue weighted by molar-refractivity contribution is 7.99. The molecular weight excluding hydrogens is 230 g/mol. The molecule has 1 aromatic rings. The predicted molar refractivity (Wildman–Crippen MR) is 72.4 cm³/mol. The summed E-state index contributed by atoms with van der Waals surface area (Å²) in [4.78, 5) is 4.84. The molecule has 0 bridgehead atoms. The van der Waals surface area contributed by atoms with Gasteiger partial charge in [0.25, 0.3) is 0 Å². The Labute approximate surface area is 107 Å². The van der Waals surface area contributed by atoms with Gasteiger partial charge in [0.15, 0.2) is 0 Å². The number of nitrogens with one attached hydrogen (secondary N) is 1. The molecule has 2 aliphatic rings. The van der Waals surface area contributed by atoms with Crippen LogP contribution in [0, 0.1) is 5.92 Å². The van der Waals surface area contributed by atoms with E-state index in [2.05, 4.69) is 28.7 Å². The minimum atomic E-state index is 0.867. The number of fused-ring (bicyclic) bond motifs is 1. The fourth-order valence-corrected chi connectivity index (χ4v) is 4.11. The van der Waals surface area contributed by atoms with E-state index in [1.165, 1.54) is 48.0 Å². The molecule has 0 amide bonds. The molecule has 3 nitrogen and oxygen atoms in total. The van der Waals surface area contributed by atoms with Crippen LogP contribution in [0.5, 0.6) is 0 Å². The summed E-state index contributed by atoms with van der Waals surface area (Å²) < 4.78 is 2.36. The lowest BCUT2D eigenvalue weighted by Gasteiger charge is -2.21. The zero-order valence-corrected chi connectivity index (χ0v) is 11.4. The second-order valence-electron chi connectivity index (χ2n) is 5.17. The van der Waals surface area contributed by atoms with Gasteiger partial charge in [-0.3, -0.25) is 0 Å². The lowest BCUT2D eigenvalue weighted by atomic mass is 9.98. The van der Waals surface area contributed by atoms with Gasteiger partial charge in [0.2, 0.25) is 0 Å². The molecule has 1 N–H and O–H groups in total. The molecule has 3 heterocycles. The molecule has 0 spiro atoms. The van der Waals surface area contributed by atoms with Crippen molar-refractivity contribution >= 4 is 11.8 Å². The highest BCUT2D eigenvalue weighted by atomic mass is 32.2. The van der Waals surface area contributed by atoms with E-state index in [9.17, 15) is 0 Å². The maximum absolute atomic E-state index is 4.84. The molecule has 4 heteroatoms. The quantitative estimate of drug-likeness (QED) is 0.868. The first-order valence-electron chi connectivity index (χ1n) is 6.66. The number of thioether (sulfide) groups is 1. The van der Waals surface area contributed by atoms with Gasteiger partial charge in [0, 0.05) is 38.7 Å². The topological polar surface area (TPSA) is 29.9 Å². The van der Waals surface area contributed by atoms with E-state index in [-0.39, 0.29) is 0 Å². The van der Waals surface area contributed by atoms with Gasteiger partial charge in [-0.15, -0.1) is 0 Å². The number of aromatic nitrogens is 2. The first-order chi connectivity index (χ1) is 8.34. The largest absolute Gasteiger partial charge is 0.335 e. The number of hydrogen-bond acceptors (Lipinski definition) is 3. The maximum atomic E-state index is 4.84. The summed E-state index contributed by atoms with van der Waals surface area (Å²) in [6, 6.07) is 0. The second-order valence-corrected chi connectivity index (χ2v) is 6.39. The third-order valence-electron chi connectivity index (χ3n) is 4.03. The number of nitrogens with zero attached hydrogens (tertiary/aromatic N) is 2. The van der Waals surface area contributed by atoms with Crippen molar-refractivity contribution in [3.8, 4) is 0 Å². The molecule has 0 aliphatic carbocycles. The fraction of sp³-hybridized carbons (Fsp3) is 0.769. The molecule has 0 atom stereocenters. The lowest BCUT2D eigenvalue weighted by Crippen LogP contribution is -2.24. The van der Waals surface area contributed by atoms with Crippen molar-refractivity contribution in [3.05, 3.63) is 17.2 Å². The van der Waals surface area contributed by atoms with Crippen molar-refractivity contribution in [3.63, 3.8) is 0 Å². The van der Waals surface area contributed by atoms with Gasteiger partial charge in [-0.25, -0.2) is 4.98 Å². The smallest absolute Gasteiger partial charge is 0.109 e. The highest BCUT2D eigenvalue weighted by Gasteiger charge is 2.21. The molecule has 1 aromatic heterocycles. The average Bonchev–Trinajstić information content (AvgIpc) is 2.68. The molecule has 94 valence electrons. The number of hydrogen-bond donors (Lipinski definition) is 1. The summed E-state index contributed by atoms with van der Waals surface area (Å²) in [6.07, 6.45) is 5.07. The monoisotopic (exact) mass is 251 g/mol. The van der Waals surface area contributed by atoms with Crippen LogP contribution in [-0.2, 0) is 26.4 Å². The Balaban J connectivity index is 1.76. The third-order valence-corrected chi connectivity index (χ3v) is 5.08. The Morgan fingerprint density at radius 1 is 1.41 bits per heavy atom. The number of rotatable bonds is 2. The van der Waals surface area contributed by atoms with Crippen molar-refractivity contribution in [2.75, 3.05) is 18.1 Å². The van der Waals surface area contributed by atoms with E-state index in [0.29, 0.717) is 0 Å². The lowest BCUT2D eigenvalue weighted by molar-refractivity contribution is 0.468. The summed E-state index contributed by atoms with van der Waals surface area (Å²) in [5, 5.41) is 3.41. The van der Waals surface area contributed by atoms with Crippen LogP contribution in [0.25, 0.3) is 0 Å². The van der Waals surface area contributed by atoms with Gasteiger partial charge in [-0.05, 0) is 30.3 Å². The zero-order chi connectivity index (χ0) is 11.7. The molecule has 1 fully saturated rings. The number of imidazole rings is 1.